The average Bonchev–Trinajstić information content (AvgIpc) is 2.58. The summed E-state index contributed by atoms with van der Waals surface area (Å²) < 4.78 is 6.39. The van der Waals surface area contributed by atoms with Gasteiger partial charge in [0.1, 0.15) is 5.75 Å². The van der Waals surface area contributed by atoms with E-state index in [1.54, 1.807) is 12.1 Å². The normalized spacial score (nSPS) is 25.8. The monoisotopic (exact) mass is 380 g/mol. The van der Waals surface area contributed by atoms with Gasteiger partial charge >= 0.3 is 6.09 Å². The number of amides is 1. The van der Waals surface area contributed by atoms with Gasteiger partial charge in [0.2, 0.25) is 0 Å². The molecule has 2 fully saturated rings. The summed E-state index contributed by atoms with van der Waals surface area (Å²) in [5, 5.41) is 3.11. The largest absolute Gasteiger partial charge is 0.412 e. The van der Waals surface area contributed by atoms with Crippen molar-refractivity contribution in [1.29, 1.82) is 0 Å². The first-order valence-electron chi connectivity index (χ1n) is 8.70. The Hall–Kier alpha value is -1.07. The van der Waals surface area contributed by atoms with Crippen LogP contribution in [-0.4, -0.2) is 36.2 Å². The molecule has 4 nitrogen and oxygen atoms in total. The molecule has 3 rings (SSSR count). The summed E-state index contributed by atoms with van der Waals surface area (Å²) in [6.45, 7) is 2.34. The van der Waals surface area contributed by atoms with Crippen LogP contribution >= 0.6 is 15.9 Å². The fourth-order valence-corrected chi connectivity index (χ4v) is 4.02. The van der Waals surface area contributed by atoms with Crippen LogP contribution in [-0.2, 0) is 0 Å². The molecule has 1 heterocycles. The highest BCUT2D eigenvalue weighted by Gasteiger charge is 2.32. The van der Waals surface area contributed by atoms with Crippen LogP contribution in [0.3, 0.4) is 0 Å². The molecular weight excluding hydrogens is 356 g/mol. The third-order valence-electron chi connectivity index (χ3n) is 4.92. The molecular formula is C18H25BrN2O2. The van der Waals surface area contributed by atoms with E-state index in [0.29, 0.717) is 11.8 Å². The smallest absolute Gasteiger partial charge is 0.410 e. The second-order valence-corrected chi connectivity index (χ2v) is 7.46. The number of hydrogen-bond donors (Lipinski definition) is 1. The minimum Gasteiger partial charge on any atom is -0.410 e. The van der Waals surface area contributed by atoms with E-state index in [1.807, 2.05) is 12.1 Å². The van der Waals surface area contributed by atoms with Crippen molar-refractivity contribution in [2.24, 2.45) is 0 Å². The van der Waals surface area contributed by atoms with Crippen molar-refractivity contribution in [2.45, 2.75) is 57.0 Å². The maximum atomic E-state index is 12.2. The lowest BCUT2D eigenvalue weighted by atomic mass is 9.88. The van der Waals surface area contributed by atoms with Gasteiger partial charge in [-0.15, -0.1) is 0 Å². The molecule has 2 atom stereocenters. The Morgan fingerprint density at radius 3 is 2.48 bits per heavy atom. The third kappa shape index (κ3) is 4.70. The molecule has 1 N–H and O–H groups in total. The van der Waals surface area contributed by atoms with Crippen molar-refractivity contribution in [3.8, 4) is 5.75 Å². The van der Waals surface area contributed by atoms with Crippen molar-refractivity contribution >= 4 is 22.0 Å². The fraction of sp³-hybridized carbons (Fsp3) is 0.611. The summed E-state index contributed by atoms with van der Waals surface area (Å²) in [4.78, 5) is 14.8. The third-order valence-corrected chi connectivity index (χ3v) is 5.45. The number of ether oxygens (including phenoxy) is 1. The Morgan fingerprint density at radius 1 is 1.04 bits per heavy atom. The average molecular weight is 381 g/mol. The van der Waals surface area contributed by atoms with Crippen LogP contribution in [0.15, 0.2) is 28.7 Å². The van der Waals surface area contributed by atoms with Crippen molar-refractivity contribution in [3.63, 3.8) is 0 Å². The van der Waals surface area contributed by atoms with Crippen LogP contribution in [0.5, 0.6) is 5.75 Å². The van der Waals surface area contributed by atoms with Gasteiger partial charge < -0.3 is 10.1 Å². The van der Waals surface area contributed by atoms with Crippen LogP contribution in [0.4, 0.5) is 4.79 Å². The highest BCUT2D eigenvalue weighted by atomic mass is 79.9. The zero-order chi connectivity index (χ0) is 16.1. The van der Waals surface area contributed by atoms with Crippen molar-refractivity contribution in [2.75, 3.05) is 13.1 Å². The maximum absolute atomic E-state index is 12.2. The fourth-order valence-electron chi connectivity index (χ4n) is 3.76. The molecule has 0 spiro atoms. The number of hydrogen-bond acceptors (Lipinski definition) is 3. The number of carbonyl (C=O) groups excluding carboxylic acids is 1. The number of nitrogens with one attached hydrogen (secondary N) is 1. The van der Waals surface area contributed by atoms with Crippen LogP contribution < -0.4 is 10.1 Å². The molecule has 1 aromatic rings. The number of nitrogens with zero attached hydrogens (tertiary/aromatic N) is 1. The van der Waals surface area contributed by atoms with Crippen molar-refractivity contribution in [1.82, 2.24) is 10.2 Å². The molecule has 0 unspecified atom stereocenters. The van der Waals surface area contributed by atoms with Gasteiger partial charge in [0.25, 0.3) is 0 Å². The number of piperidine rings is 1. The first-order chi connectivity index (χ1) is 11.2. The summed E-state index contributed by atoms with van der Waals surface area (Å²) in [7, 11) is 0. The zero-order valence-corrected chi connectivity index (χ0v) is 15.1. The SMILES string of the molecule is O=C(N[C@@H]1CCCC[C@H]1N1CCCCC1)Oc1ccc(Br)cc1. The lowest BCUT2D eigenvalue weighted by molar-refractivity contribution is 0.0992. The van der Waals surface area contributed by atoms with E-state index < -0.39 is 0 Å². The summed E-state index contributed by atoms with van der Waals surface area (Å²) in [6, 6.07) is 8.03. The highest BCUT2D eigenvalue weighted by Crippen LogP contribution is 2.26. The van der Waals surface area contributed by atoms with E-state index >= 15 is 0 Å². The van der Waals surface area contributed by atoms with E-state index in [-0.39, 0.29) is 12.1 Å². The molecule has 5 heteroatoms. The number of benzene rings is 1. The molecule has 1 aliphatic heterocycles. The molecule has 0 bridgehead atoms. The lowest BCUT2D eigenvalue weighted by Crippen LogP contribution is -2.54. The minimum atomic E-state index is -0.332. The first-order valence-corrected chi connectivity index (χ1v) is 9.49. The summed E-state index contributed by atoms with van der Waals surface area (Å²) >= 11 is 3.38. The summed E-state index contributed by atoms with van der Waals surface area (Å²) in [5.74, 6) is 0.580. The standard InChI is InChI=1S/C18H25BrN2O2/c19-14-8-10-15(11-9-14)23-18(22)20-16-6-2-3-7-17(16)21-12-4-1-5-13-21/h8-11,16-17H,1-7,12-13H2,(H,20,22)/t16-,17-/m1/s1. The number of rotatable bonds is 3. The Balaban J connectivity index is 1.57. The Labute approximate surface area is 146 Å². The van der Waals surface area contributed by atoms with Gasteiger partial charge in [0.05, 0.1) is 0 Å². The predicted octanol–water partition coefficient (Wildman–Crippen LogP) is 4.33. The number of halogens is 1. The minimum absolute atomic E-state index is 0.213. The van der Waals surface area contributed by atoms with E-state index in [1.165, 1.54) is 51.6 Å². The van der Waals surface area contributed by atoms with Gasteiger partial charge in [-0.05, 0) is 63.0 Å². The van der Waals surface area contributed by atoms with E-state index in [9.17, 15) is 4.79 Å². The second kappa shape index (κ2) is 8.15. The Kier molecular flexibility index (Phi) is 5.95. The molecule has 0 aromatic heterocycles. The van der Waals surface area contributed by atoms with Gasteiger partial charge in [-0.3, -0.25) is 4.90 Å². The van der Waals surface area contributed by atoms with E-state index in [4.69, 9.17) is 4.74 Å². The molecule has 0 radical (unpaired) electrons. The molecule has 1 aromatic carbocycles. The number of likely N-dealkylation sites (tertiary alicyclic amines) is 1. The van der Waals surface area contributed by atoms with Crippen LogP contribution in [0, 0.1) is 0 Å². The van der Waals surface area contributed by atoms with Crippen LogP contribution in [0.25, 0.3) is 0 Å². The van der Waals surface area contributed by atoms with E-state index in [0.717, 1.165) is 10.9 Å². The first kappa shape index (κ1) is 16.8. The lowest BCUT2D eigenvalue weighted by Gasteiger charge is -2.41. The molecule has 1 saturated carbocycles. The second-order valence-electron chi connectivity index (χ2n) is 6.54. The predicted molar refractivity (Wildman–Crippen MR) is 94.8 cm³/mol. The summed E-state index contributed by atoms with van der Waals surface area (Å²) in [6.07, 6.45) is 8.27. The topological polar surface area (TPSA) is 41.6 Å². The molecule has 1 aliphatic carbocycles. The molecule has 23 heavy (non-hydrogen) atoms. The molecule has 2 aliphatic rings. The van der Waals surface area contributed by atoms with Crippen LogP contribution in [0.2, 0.25) is 0 Å². The van der Waals surface area contributed by atoms with Gasteiger partial charge in [0.15, 0.2) is 0 Å². The van der Waals surface area contributed by atoms with E-state index in [2.05, 4.69) is 26.1 Å². The zero-order valence-electron chi connectivity index (χ0n) is 13.5. The molecule has 1 amide bonds. The van der Waals surface area contributed by atoms with Gasteiger partial charge in [0, 0.05) is 16.6 Å². The summed E-state index contributed by atoms with van der Waals surface area (Å²) in [5.41, 5.74) is 0. The molecule has 126 valence electrons. The quantitative estimate of drug-likeness (QED) is 0.847. The highest BCUT2D eigenvalue weighted by molar-refractivity contribution is 9.10. The van der Waals surface area contributed by atoms with Gasteiger partial charge in [-0.2, -0.15) is 0 Å². The van der Waals surface area contributed by atoms with Crippen molar-refractivity contribution in [3.05, 3.63) is 28.7 Å². The van der Waals surface area contributed by atoms with Gasteiger partial charge in [-0.1, -0.05) is 35.2 Å². The Bertz CT molecular complexity index is 514. The molecule has 1 saturated heterocycles. The van der Waals surface area contributed by atoms with Crippen LogP contribution in [0.1, 0.15) is 44.9 Å². The number of carbonyl (C=O) groups is 1. The van der Waals surface area contributed by atoms with Gasteiger partial charge in [-0.25, -0.2) is 4.79 Å². The Morgan fingerprint density at radius 2 is 1.74 bits per heavy atom. The maximum Gasteiger partial charge on any atom is 0.412 e. The van der Waals surface area contributed by atoms with Crippen molar-refractivity contribution < 1.29 is 9.53 Å².